The summed E-state index contributed by atoms with van der Waals surface area (Å²) in [4.78, 5) is 18.3. The van der Waals surface area contributed by atoms with Gasteiger partial charge in [-0.1, -0.05) is 12.1 Å². The van der Waals surface area contributed by atoms with Crippen LogP contribution in [0.25, 0.3) is 0 Å². The molecule has 1 aliphatic heterocycles. The predicted octanol–water partition coefficient (Wildman–Crippen LogP) is 1.34. The molecule has 23 heavy (non-hydrogen) atoms. The monoisotopic (exact) mass is 315 g/mol. The van der Waals surface area contributed by atoms with Crippen LogP contribution in [-0.2, 0) is 0 Å². The first-order chi connectivity index (χ1) is 11.1. The Labute approximate surface area is 138 Å². The minimum Gasteiger partial charge on any atom is -0.367 e. The third kappa shape index (κ3) is 4.86. The molecule has 6 heteroatoms. The number of nitriles is 1. The number of carbonyl (C=O) groups is 1. The molecule has 0 aliphatic carbocycles. The molecule has 2 amide bonds. The fourth-order valence-corrected chi connectivity index (χ4v) is 2.70. The first-order valence-electron chi connectivity index (χ1n) is 8.03. The lowest BCUT2D eigenvalue weighted by molar-refractivity contribution is 0.194. The largest absolute Gasteiger partial charge is 0.367 e. The molecule has 0 bridgehead atoms. The smallest absolute Gasteiger partial charge is 0.317 e. The molecule has 0 aromatic heterocycles. The number of carbonyl (C=O) groups excluding carboxylic acids is 1. The second-order valence-electron chi connectivity index (χ2n) is 5.99. The van der Waals surface area contributed by atoms with Crippen molar-refractivity contribution in [2.45, 2.75) is 6.42 Å². The Balaban J connectivity index is 1.79. The summed E-state index contributed by atoms with van der Waals surface area (Å²) in [6.45, 7) is 4.54. The van der Waals surface area contributed by atoms with Crippen molar-refractivity contribution in [3.63, 3.8) is 0 Å². The van der Waals surface area contributed by atoms with E-state index in [9.17, 15) is 10.1 Å². The van der Waals surface area contributed by atoms with Crippen LogP contribution in [0.1, 0.15) is 12.0 Å². The van der Waals surface area contributed by atoms with Gasteiger partial charge in [0.1, 0.15) is 6.07 Å². The lowest BCUT2D eigenvalue weighted by atomic mass is 10.1. The molecule has 1 N–H and O–H groups in total. The molecule has 1 heterocycles. The Hall–Kier alpha value is -2.26. The van der Waals surface area contributed by atoms with E-state index in [1.54, 1.807) is 0 Å². The lowest BCUT2D eigenvalue weighted by Gasteiger charge is -2.36. The Morgan fingerprint density at radius 1 is 1.26 bits per heavy atom. The SMILES string of the molecule is CN(C)CCCNC(=O)N1CCN(c2ccccc2C#N)CC1. The average molecular weight is 315 g/mol. The molecule has 124 valence electrons. The van der Waals surface area contributed by atoms with Gasteiger partial charge in [-0.05, 0) is 39.2 Å². The summed E-state index contributed by atoms with van der Waals surface area (Å²) < 4.78 is 0. The van der Waals surface area contributed by atoms with E-state index < -0.39 is 0 Å². The van der Waals surface area contributed by atoms with Gasteiger partial charge in [0.2, 0.25) is 0 Å². The normalized spacial score (nSPS) is 14.7. The highest BCUT2D eigenvalue weighted by atomic mass is 16.2. The van der Waals surface area contributed by atoms with Gasteiger partial charge in [0.15, 0.2) is 0 Å². The van der Waals surface area contributed by atoms with Crippen LogP contribution < -0.4 is 10.2 Å². The second kappa shape index (κ2) is 8.39. The van der Waals surface area contributed by atoms with Crippen molar-refractivity contribution in [2.75, 3.05) is 58.3 Å². The van der Waals surface area contributed by atoms with Gasteiger partial charge < -0.3 is 20.0 Å². The summed E-state index contributed by atoms with van der Waals surface area (Å²) in [5, 5.41) is 12.2. The molecule has 0 radical (unpaired) electrons. The number of amides is 2. The molecule has 1 aromatic carbocycles. The van der Waals surface area contributed by atoms with Gasteiger partial charge >= 0.3 is 6.03 Å². The maximum Gasteiger partial charge on any atom is 0.317 e. The number of para-hydroxylation sites is 1. The van der Waals surface area contributed by atoms with Crippen molar-refractivity contribution in [2.24, 2.45) is 0 Å². The van der Waals surface area contributed by atoms with Gasteiger partial charge in [-0.15, -0.1) is 0 Å². The number of hydrogen-bond acceptors (Lipinski definition) is 4. The standard InChI is InChI=1S/C17H25N5O/c1-20(2)9-5-8-19-17(23)22-12-10-21(11-13-22)16-7-4-3-6-15(16)14-18/h3-4,6-7H,5,8-13H2,1-2H3,(H,19,23). The quantitative estimate of drug-likeness (QED) is 0.833. The zero-order valence-electron chi connectivity index (χ0n) is 14.0. The lowest BCUT2D eigenvalue weighted by Crippen LogP contribution is -2.52. The minimum atomic E-state index is 0.0111. The van der Waals surface area contributed by atoms with Gasteiger partial charge in [0.05, 0.1) is 11.3 Å². The van der Waals surface area contributed by atoms with Crippen LogP contribution in [0, 0.1) is 11.3 Å². The maximum absolute atomic E-state index is 12.1. The Morgan fingerprint density at radius 3 is 2.61 bits per heavy atom. The fourth-order valence-electron chi connectivity index (χ4n) is 2.70. The first kappa shape index (κ1) is 17.1. The minimum absolute atomic E-state index is 0.0111. The van der Waals surface area contributed by atoms with Crippen LogP contribution in [0.15, 0.2) is 24.3 Å². The van der Waals surface area contributed by atoms with E-state index in [0.29, 0.717) is 25.2 Å². The summed E-state index contributed by atoms with van der Waals surface area (Å²) in [5.41, 5.74) is 1.65. The number of nitrogens with zero attached hydrogens (tertiary/aromatic N) is 4. The summed E-state index contributed by atoms with van der Waals surface area (Å²) in [5.74, 6) is 0. The second-order valence-corrected chi connectivity index (χ2v) is 5.99. The predicted molar refractivity (Wildman–Crippen MR) is 91.5 cm³/mol. The molecule has 0 spiro atoms. The van der Waals surface area contributed by atoms with Gasteiger partial charge in [0, 0.05) is 32.7 Å². The number of piperazine rings is 1. The maximum atomic E-state index is 12.1. The van der Waals surface area contributed by atoms with Crippen LogP contribution in [0.4, 0.5) is 10.5 Å². The van der Waals surface area contributed by atoms with Crippen LogP contribution in [0.5, 0.6) is 0 Å². The highest BCUT2D eigenvalue weighted by Crippen LogP contribution is 2.20. The van der Waals surface area contributed by atoms with Gasteiger partial charge in [-0.3, -0.25) is 0 Å². The van der Waals surface area contributed by atoms with Crippen LogP contribution in [0.3, 0.4) is 0 Å². The number of hydrogen-bond donors (Lipinski definition) is 1. The molecular weight excluding hydrogens is 290 g/mol. The van der Waals surface area contributed by atoms with E-state index in [1.807, 2.05) is 43.3 Å². The molecule has 1 aromatic rings. The number of urea groups is 1. The highest BCUT2D eigenvalue weighted by Gasteiger charge is 2.22. The molecule has 0 unspecified atom stereocenters. The van der Waals surface area contributed by atoms with E-state index in [0.717, 1.165) is 31.7 Å². The average Bonchev–Trinajstić information content (AvgIpc) is 2.58. The van der Waals surface area contributed by atoms with Crippen molar-refractivity contribution in [3.05, 3.63) is 29.8 Å². The third-order valence-electron chi connectivity index (χ3n) is 3.99. The zero-order chi connectivity index (χ0) is 16.7. The molecule has 6 nitrogen and oxygen atoms in total. The topological polar surface area (TPSA) is 62.6 Å². The van der Waals surface area contributed by atoms with E-state index in [2.05, 4.69) is 21.2 Å². The molecule has 1 aliphatic rings. The van der Waals surface area contributed by atoms with Crippen molar-refractivity contribution in [1.29, 1.82) is 5.26 Å². The summed E-state index contributed by atoms with van der Waals surface area (Å²) in [6, 6.07) is 9.86. The molecular formula is C17H25N5O. The molecule has 0 saturated carbocycles. The number of benzene rings is 1. The van der Waals surface area contributed by atoms with E-state index in [4.69, 9.17) is 0 Å². The number of anilines is 1. The van der Waals surface area contributed by atoms with E-state index in [-0.39, 0.29) is 6.03 Å². The van der Waals surface area contributed by atoms with Gasteiger partial charge in [-0.2, -0.15) is 5.26 Å². The van der Waals surface area contributed by atoms with E-state index in [1.165, 1.54) is 0 Å². The summed E-state index contributed by atoms with van der Waals surface area (Å²) in [6.07, 6.45) is 0.953. The van der Waals surface area contributed by atoms with Gasteiger partial charge in [0.25, 0.3) is 0 Å². The Kier molecular flexibility index (Phi) is 6.24. The van der Waals surface area contributed by atoms with Crippen LogP contribution >= 0.6 is 0 Å². The van der Waals surface area contributed by atoms with Crippen molar-refractivity contribution in [3.8, 4) is 6.07 Å². The van der Waals surface area contributed by atoms with Crippen LogP contribution in [-0.4, -0.2) is 69.2 Å². The fraction of sp³-hybridized carbons (Fsp3) is 0.529. The molecule has 1 fully saturated rings. The van der Waals surface area contributed by atoms with Crippen molar-refractivity contribution < 1.29 is 4.79 Å². The van der Waals surface area contributed by atoms with E-state index >= 15 is 0 Å². The number of rotatable bonds is 5. The third-order valence-corrected chi connectivity index (χ3v) is 3.99. The highest BCUT2D eigenvalue weighted by molar-refractivity contribution is 5.74. The molecule has 2 rings (SSSR count). The Bertz CT molecular complexity index is 558. The molecule has 0 atom stereocenters. The van der Waals surface area contributed by atoms with Crippen molar-refractivity contribution in [1.82, 2.24) is 15.1 Å². The summed E-state index contributed by atoms with van der Waals surface area (Å²) >= 11 is 0. The summed E-state index contributed by atoms with van der Waals surface area (Å²) in [7, 11) is 4.06. The first-order valence-corrected chi connectivity index (χ1v) is 8.03. The van der Waals surface area contributed by atoms with Gasteiger partial charge in [-0.25, -0.2) is 4.79 Å². The Morgan fingerprint density at radius 2 is 1.96 bits per heavy atom. The number of nitrogens with one attached hydrogen (secondary N) is 1. The molecule has 1 saturated heterocycles. The van der Waals surface area contributed by atoms with Crippen LogP contribution in [0.2, 0.25) is 0 Å². The zero-order valence-corrected chi connectivity index (χ0v) is 14.0. The van der Waals surface area contributed by atoms with Crippen molar-refractivity contribution >= 4 is 11.7 Å².